The molecule has 0 spiro atoms. The summed E-state index contributed by atoms with van der Waals surface area (Å²) in [5.41, 5.74) is -0.354. The number of nitrogens with zero attached hydrogens (tertiary/aromatic N) is 3. The molecule has 0 bridgehead atoms. The van der Waals surface area contributed by atoms with Gasteiger partial charge in [0.05, 0.1) is 17.3 Å². The molecular formula is C17H16ClFN4O4. The van der Waals surface area contributed by atoms with Crippen molar-refractivity contribution in [2.45, 2.75) is 37.8 Å². The molecule has 1 N–H and O–H groups in total. The fourth-order valence-electron chi connectivity index (χ4n) is 2.95. The molecule has 0 atom stereocenters. The SMILES string of the molecule is O=C(NC1CCC(Oc2ncc(F)cn2)CC1)c1cc(Cl)ccc1[N+](=O)[O-]. The lowest BCUT2D eigenvalue weighted by Gasteiger charge is -2.28. The van der Waals surface area contributed by atoms with Crippen molar-refractivity contribution in [2.24, 2.45) is 0 Å². The number of carbonyl (C=O) groups excluding carboxylic acids is 1. The maximum atomic E-state index is 12.8. The van der Waals surface area contributed by atoms with Gasteiger partial charge >= 0.3 is 6.01 Å². The summed E-state index contributed by atoms with van der Waals surface area (Å²) in [4.78, 5) is 30.4. The molecular weight excluding hydrogens is 379 g/mol. The van der Waals surface area contributed by atoms with E-state index < -0.39 is 16.6 Å². The number of hydrogen-bond acceptors (Lipinski definition) is 6. The van der Waals surface area contributed by atoms with Crippen LogP contribution in [0.25, 0.3) is 0 Å². The van der Waals surface area contributed by atoms with E-state index in [9.17, 15) is 19.3 Å². The minimum atomic E-state index is -0.612. The van der Waals surface area contributed by atoms with Gasteiger partial charge in [0.1, 0.15) is 11.7 Å². The third-order valence-corrected chi connectivity index (χ3v) is 4.51. The first kappa shape index (κ1) is 19.0. The first-order valence-corrected chi connectivity index (χ1v) is 8.69. The van der Waals surface area contributed by atoms with E-state index in [0.29, 0.717) is 25.7 Å². The molecule has 2 aromatic rings. The second-order valence-electron chi connectivity index (χ2n) is 6.17. The molecule has 1 aliphatic carbocycles. The van der Waals surface area contributed by atoms with Gasteiger partial charge < -0.3 is 10.1 Å². The molecule has 8 nitrogen and oxygen atoms in total. The van der Waals surface area contributed by atoms with Crippen molar-refractivity contribution in [2.75, 3.05) is 0 Å². The molecule has 27 heavy (non-hydrogen) atoms. The summed E-state index contributed by atoms with van der Waals surface area (Å²) in [5, 5.41) is 14.2. The minimum absolute atomic E-state index is 0.0643. The topological polar surface area (TPSA) is 107 Å². The second kappa shape index (κ2) is 8.26. The fourth-order valence-corrected chi connectivity index (χ4v) is 3.12. The summed E-state index contributed by atoms with van der Waals surface area (Å²) >= 11 is 5.86. The summed E-state index contributed by atoms with van der Waals surface area (Å²) in [6, 6.07) is 3.85. The van der Waals surface area contributed by atoms with Crippen LogP contribution in [0.4, 0.5) is 10.1 Å². The van der Waals surface area contributed by atoms with E-state index >= 15 is 0 Å². The maximum absolute atomic E-state index is 12.8. The van der Waals surface area contributed by atoms with Crippen molar-refractivity contribution >= 4 is 23.2 Å². The van der Waals surface area contributed by atoms with Gasteiger partial charge in [-0.15, -0.1) is 0 Å². The molecule has 0 aliphatic heterocycles. The Hall–Kier alpha value is -2.81. The number of benzene rings is 1. The zero-order valence-electron chi connectivity index (χ0n) is 14.1. The third kappa shape index (κ3) is 4.88. The molecule has 1 amide bonds. The summed E-state index contributed by atoms with van der Waals surface area (Å²) in [5.74, 6) is -1.07. The van der Waals surface area contributed by atoms with Crippen LogP contribution in [0.3, 0.4) is 0 Å². The monoisotopic (exact) mass is 394 g/mol. The highest BCUT2D eigenvalue weighted by Gasteiger charge is 2.27. The summed E-state index contributed by atoms with van der Waals surface area (Å²) in [6.45, 7) is 0. The van der Waals surface area contributed by atoms with Crippen LogP contribution >= 0.6 is 11.6 Å². The average Bonchev–Trinajstić information content (AvgIpc) is 2.65. The van der Waals surface area contributed by atoms with E-state index in [1.807, 2.05) is 0 Å². The van der Waals surface area contributed by atoms with Gasteiger partial charge in [0.25, 0.3) is 11.6 Å². The normalized spacial score (nSPS) is 19.3. The van der Waals surface area contributed by atoms with Crippen LogP contribution in [-0.4, -0.2) is 32.9 Å². The van der Waals surface area contributed by atoms with Crippen molar-refractivity contribution in [1.29, 1.82) is 0 Å². The van der Waals surface area contributed by atoms with Gasteiger partial charge in [0.15, 0.2) is 5.82 Å². The Labute approximate surface area is 158 Å². The van der Waals surface area contributed by atoms with E-state index in [1.54, 1.807) is 0 Å². The molecule has 1 aromatic heterocycles. The number of nitro groups is 1. The van der Waals surface area contributed by atoms with Crippen molar-refractivity contribution in [3.63, 3.8) is 0 Å². The minimum Gasteiger partial charge on any atom is -0.460 e. The number of carbonyl (C=O) groups is 1. The zero-order chi connectivity index (χ0) is 19.4. The first-order valence-electron chi connectivity index (χ1n) is 8.31. The van der Waals surface area contributed by atoms with Gasteiger partial charge in [0, 0.05) is 17.1 Å². The largest absolute Gasteiger partial charge is 0.460 e. The third-order valence-electron chi connectivity index (χ3n) is 4.28. The number of nitrogens with one attached hydrogen (secondary N) is 1. The summed E-state index contributed by atoms with van der Waals surface area (Å²) in [7, 11) is 0. The molecule has 0 saturated heterocycles. The molecule has 1 fully saturated rings. The molecule has 0 unspecified atom stereocenters. The first-order chi connectivity index (χ1) is 12.9. The number of rotatable bonds is 5. The smallest absolute Gasteiger partial charge is 0.316 e. The lowest BCUT2D eigenvalue weighted by molar-refractivity contribution is -0.385. The van der Waals surface area contributed by atoms with Gasteiger partial charge in [-0.2, -0.15) is 0 Å². The predicted molar refractivity (Wildman–Crippen MR) is 94.2 cm³/mol. The van der Waals surface area contributed by atoms with E-state index in [4.69, 9.17) is 16.3 Å². The van der Waals surface area contributed by atoms with Crippen LogP contribution in [0, 0.1) is 15.9 Å². The Balaban J connectivity index is 1.56. The van der Waals surface area contributed by atoms with E-state index in [-0.39, 0.29) is 34.4 Å². The van der Waals surface area contributed by atoms with Gasteiger partial charge in [0.2, 0.25) is 0 Å². The number of aromatic nitrogens is 2. The molecule has 142 valence electrons. The van der Waals surface area contributed by atoms with Gasteiger partial charge in [-0.3, -0.25) is 14.9 Å². The molecule has 3 rings (SSSR count). The Kier molecular flexibility index (Phi) is 5.80. The Morgan fingerprint density at radius 3 is 2.56 bits per heavy atom. The maximum Gasteiger partial charge on any atom is 0.316 e. The van der Waals surface area contributed by atoms with Crippen molar-refractivity contribution in [3.8, 4) is 6.01 Å². The number of halogens is 2. The molecule has 10 heteroatoms. The Morgan fingerprint density at radius 1 is 1.26 bits per heavy atom. The lowest BCUT2D eigenvalue weighted by Crippen LogP contribution is -2.40. The number of amides is 1. The van der Waals surface area contributed by atoms with Crippen LogP contribution in [0.15, 0.2) is 30.6 Å². The Bertz CT molecular complexity index is 841. The van der Waals surface area contributed by atoms with Crippen LogP contribution in [0.2, 0.25) is 5.02 Å². The number of nitro benzene ring substituents is 1. The summed E-state index contributed by atoms with van der Waals surface area (Å²) in [6.07, 6.45) is 4.48. The predicted octanol–water partition coefficient (Wildman–Crippen LogP) is 3.30. The van der Waals surface area contributed by atoms with E-state index in [1.165, 1.54) is 18.2 Å². The lowest BCUT2D eigenvalue weighted by atomic mass is 9.92. The highest BCUT2D eigenvalue weighted by atomic mass is 35.5. The van der Waals surface area contributed by atoms with Gasteiger partial charge in [-0.25, -0.2) is 14.4 Å². The Morgan fingerprint density at radius 2 is 1.93 bits per heavy atom. The van der Waals surface area contributed by atoms with Crippen LogP contribution in [0.5, 0.6) is 6.01 Å². The van der Waals surface area contributed by atoms with Crippen LogP contribution in [-0.2, 0) is 0 Å². The standard InChI is InChI=1S/C17H16ClFN4O4/c18-10-1-6-15(23(25)26)14(7-10)16(24)22-12-2-4-13(5-3-12)27-17-20-8-11(19)9-21-17/h1,6-9,12-13H,2-5H2,(H,22,24). The number of hydrogen-bond donors (Lipinski definition) is 1. The number of ether oxygens (including phenoxy) is 1. The van der Waals surface area contributed by atoms with Crippen LogP contribution < -0.4 is 10.1 Å². The highest BCUT2D eigenvalue weighted by molar-refractivity contribution is 6.31. The molecule has 1 aromatic carbocycles. The fraction of sp³-hybridized carbons (Fsp3) is 0.353. The van der Waals surface area contributed by atoms with Crippen LogP contribution in [0.1, 0.15) is 36.0 Å². The molecule has 1 heterocycles. The quantitative estimate of drug-likeness (QED) is 0.615. The highest BCUT2D eigenvalue weighted by Crippen LogP contribution is 2.25. The van der Waals surface area contributed by atoms with Crippen molar-refractivity contribution < 1.29 is 18.8 Å². The average molecular weight is 395 g/mol. The second-order valence-corrected chi connectivity index (χ2v) is 6.60. The molecule has 1 aliphatic rings. The van der Waals surface area contributed by atoms with E-state index in [2.05, 4.69) is 15.3 Å². The molecule has 0 radical (unpaired) electrons. The molecule has 1 saturated carbocycles. The van der Waals surface area contributed by atoms with Gasteiger partial charge in [-0.05, 0) is 37.8 Å². The van der Waals surface area contributed by atoms with Crippen molar-refractivity contribution in [1.82, 2.24) is 15.3 Å². The zero-order valence-corrected chi connectivity index (χ0v) is 14.9. The van der Waals surface area contributed by atoms with Crippen molar-refractivity contribution in [3.05, 3.63) is 57.1 Å². The van der Waals surface area contributed by atoms with Gasteiger partial charge in [-0.1, -0.05) is 11.6 Å². The van der Waals surface area contributed by atoms with E-state index in [0.717, 1.165) is 12.4 Å². The summed E-state index contributed by atoms with van der Waals surface area (Å²) < 4.78 is 18.4.